The summed E-state index contributed by atoms with van der Waals surface area (Å²) >= 11 is 1.51. The maximum Gasteiger partial charge on any atom is 0.260 e. The highest BCUT2D eigenvalue weighted by Gasteiger charge is 2.09. The van der Waals surface area contributed by atoms with Crippen molar-refractivity contribution < 1.29 is 0 Å². The van der Waals surface area contributed by atoms with E-state index in [9.17, 15) is 4.79 Å². The van der Waals surface area contributed by atoms with Crippen molar-refractivity contribution in [1.29, 1.82) is 0 Å². The maximum atomic E-state index is 12.4. The zero-order valence-electron chi connectivity index (χ0n) is 11.5. The summed E-state index contributed by atoms with van der Waals surface area (Å²) in [6.07, 6.45) is 2.85. The van der Waals surface area contributed by atoms with Crippen LogP contribution < -0.4 is 10.9 Å². The standard InChI is InChI=1S/C14H19N3OS/c1-10(2)6-8-17-7-4-5-11(13(17)18)12-9-19-14(15-3)16-12/h4-5,7,9-10H,6,8H2,1-3H3,(H,15,16). The Morgan fingerprint density at radius 1 is 1.47 bits per heavy atom. The van der Waals surface area contributed by atoms with Gasteiger partial charge in [0.05, 0.1) is 11.3 Å². The monoisotopic (exact) mass is 277 g/mol. The molecule has 1 N–H and O–H groups in total. The fourth-order valence-electron chi connectivity index (χ4n) is 1.82. The fraction of sp³-hybridized carbons (Fsp3) is 0.429. The van der Waals surface area contributed by atoms with Crippen molar-refractivity contribution in [3.05, 3.63) is 34.1 Å². The summed E-state index contributed by atoms with van der Waals surface area (Å²) in [4.78, 5) is 16.8. The molecule has 0 aliphatic heterocycles. The van der Waals surface area contributed by atoms with Gasteiger partial charge in [0.15, 0.2) is 5.13 Å². The number of nitrogens with one attached hydrogen (secondary N) is 1. The Hall–Kier alpha value is -1.62. The zero-order chi connectivity index (χ0) is 13.8. The van der Waals surface area contributed by atoms with Crippen molar-refractivity contribution in [3.8, 4) is 11.3 Å². The molecule has 2 aromatic rings. The van der Waals surface area contributed by atoms with Crippen LogP contribution in [0.25, 0.3) is 11.3 Å². The lowest BCUT2D eigenvalue weighted by Crippen LogP contribution is -2.21. The molecule has 0 aliphatic rings. The van der Waals surface area contributed by atoms with Crippen LogP contribution in [0, 0.1) is 5.92 Å². The first kappa shape index (κ1) is 13.8. The molecular weight excluding hydrogens is 258 g/mol. The van der Waals surface area contributed by atoms with Crippen molar-refractivity contribution in [2.45, 2.75) is 26.8 Å². The molecule has 0 fully saturated rings. The van der Waals surface area contributed by atoms with E-state index in [4.69, 9.17) is 0 Å². The van der Waals surface area contributed by atoms with Gasteiger partial charge < -0.3 is 9.88 Å². The Morgan fingerprint density at radius 3 is 2.89 bits per heavy atom. The van der Waals surface area contributed by atoms with Crippen LogP contribution in [0.3, 0.4) is 0 Å². The van der Waals surface area contributed by atoms with Crippen molar-refractivity contribution in [2.24, 2.45) is 5.92 Å². The molecule has 0 atom stereocenters. The predicted octanol–water partition coefficient (Wildman–Crippen LogP) is 3.06. The number of aromatic nitrogens is 2. The smallest absolute Gasteiger partial charge is 0.260 e. The third kappa shape index (κ3) is 3.23. The summed E-state index contributed by atoms with van der Waals surface area (Å²) in [6.45, 7) is 5.08. The van der Waals surface area contributed by atoms with E-state index in [1.807, 2.05) is 30.8 Å². The average Bonchev–Trinajstić information content (AvgIpc) is 2.86. The minimum absolute atomic E-state index is 0.0381. The summed E-state index contributed by atoms with van der Waals surface area (Å²) in [7, 11) is 1.83. The number of nitrogens with zero attached hydrogens (tertiary/aromatic N) is 2. The molecule has 0 saturated heterocycles. The SMILES string of the molecule is CNc1nc(-c2cccn(CCC(C)C)c2=O)cs1. The largest absolute Gasteiger partial charge is 0.365 e. The van der Waals surface area contributed by atoms with Gasteiger partial charge in [-0.1, -0.05) is 13.8 Å². The summed E-state index contributed by atoms with van der Waals surface area (Å²) < 4.78 is 1.77. The maximum absolute atomic E-state index is 12.4. The molecule has 102 valence electrons. The number of thiazole rings is 1. The van der Waals surface area contributed by atoms with Gasteiger partial charge in [0.25, 0.3) is 5.56 Å². The molecule has 0 radical (unpaired) electrons. The molecule has 0 saturated carbocycles. The van der Waals surface area contributed by atoms with E-state index in [1.54, 1.807) is 4.57 Å². The third-order valence-electron chi connectivity index (χ3n) is 2.96. The number of anilines is 1. The molecule has 2 rings (SSSR count). The molecule has 0 amide bonds. The van der Waals surface area contributed by atoms with Crippen molar-refractivity contribution >= 4 is 16.5 Å². The fourth-order valence-corrected chi connectivity index (χ4v) is 2.49. The van der Waals surface area contributed by atoms with Crippen molar-refractivity contribution in [2.75, 3.05) is 12.4 Å². The first-order valence-electron chi connectivity index (χ1n) is 6.45. The van der Waals surface area contributed by atoms with E-state index >= 15 is 0 Å². The highest BCUT2D eigenvalue weighted by Crippen LogP contribution is 2.21. The number of hydrogen-bond donors (Lipinski definition) is 1. The Labute approximate surface area is 117 Å². The first-order chi connectivity index (χ1) is 9.11. The van der Waals surface area contributed by atoms with Gasteiger partial charge in [-0.15, -0.1) is 11.3 Å². The van der Waals surface area contributed by atoms with Crippen LogP contribution in [-0.4, -0.2) is 16.6 Å². The summed E-state index contributed by atoms with van der Waals surface area (Å²) in [5.41, 5.74) is 1.46. The van der Waals surface area contributed by atoms with Gasteiger partial charge in [0, 0.05) is 25.2 Å². The van der Waals surface area contributed by atoms with Crippen LogP contribution in [0.1, 0.15) is 20.3 Å². The molecule has 2 aromatic heterocycles. The second-order valence-electron chi connectivity index (χ2n) is 4.89. The second-order valence-corrected chi connectivity index (χ2v) is 5.75. The lowest BCUT2D eigenvalue weighted by atomic mass is 10.1. The van der Waals surface area contributed by atoms with Gasteiger partial charge in [0.2, 0.25) is 0 Å². The minimum Gasteiger partial charge on any atom is -0.365 e. The van der Waals surface area contributed by atoms with Gasteiger partial charge in [0.1, 0.15) is 0 Å². The molecule has 4 nitrogen and oxygen atoms in total. The van der Waals surface area contributed by atoms with Crippen LogP contribution in [0.4, 0.5) is 5.13 Å². The lowest BCUT2D eigenvalue weighted by molar-refractivity contribution is 0.508. The van der Waals surface area contributed by atoms with Crippen LogP contribution in [0.15, 0.2) is 28.5 Å². The quantitative estimate of drug-likeness (QED) is 0.913. The van der Waals surface area contributed by atoms with E-state index in [2.05, 4.69) is 24.1 Å². The van der Waals surface area contributed by atoms with Gasteiger partial charge in [-0.05, 0) is 24.5 Å². The molecule has 0 aliphatic carbocycles. The molecule has 19 heavy (non-hydrogen) atoms. The van der Waals surface area contributed by atoms with E-state index in [0.29, 0.717) is 11.5 Å². The lowest BCUT2D eigenvalue weighted by Gasteiger charge is -2.08. The normalized spacial score (nSPS) is 10.9. The Balaban J connectivity index is 2.31. The zero-order valence-corrected chi connectivity index (χ0v) is 12.3. The van der Waals surface area contributed by atoms with E-state index in [1.165, 1.54) is 11.3 Å². The predicted molar refractivity (Wildman–Crippen MR) is 80.8 cm³/mol. The minimum atomic E-state index is 0.0381. The van der Waals surface area contributed by atoms with E-state index < -0.39 is 0 Å². The van der Waals surface area contributed by atoms with E-state index in [-0.39, 0.29) is 5.56 Å². The summed E-state index contributed by atoms with van der Waals surface area (Å²) in [5.74, 6) is 0.589. The highest BCUT2D eigenvalue weighted by atomic mass is 32.1. The Morgan fingerprint density at radius 2 is 2.26 bits per heavy atom. The Bertz CT molecular complexity index is 601. The van der Waals surface area contributed by atoms with Crippen LogP contribution in [0.2, 0.25) is 0 Å². The second kappa shape index (κ2) is 6.02. The third-order valence-corrected chi connectivity index (χ3v) is 3.82. The molecule has 0 spiro atoms. The molecule has 0 unspecified atom stereocenters. The number of aryl methyl sites for hydroxylation is 1. The first-order valence-corrected chi connectivity index (χ1v) is 7.33. The van der Waals surface area contributed by atoms with Gasteiger partial charge in [-0.3, -0.25) is 4.79 Å². The van der Waals surface area contributed by atoms with Gasteiger partial charge >= 0.3 is 0 Å². The number of hydrogen-bond acceptors (Lipinski definition) is 4. The molecule has 0 aromatic carbocycles. The van der Waals surface area contributed by atoms with Gasteiger partial charge in [-0.25, -0.2) is 4.98 Å². The number of pyridine rings is 1. The Kier molecular flexibility index (Phi) is 4.37. The molecule has 0 bridgehead atoms. The van der Waals surface area contributed by atoms with Crippen LogP contribution in [0.5, 0.6) is 0 Å². The topological polar surface area (TPSA) is 46.9 Å². The molecular formula is C14H19N3OS. The van der Waals surface area contributed by atoms with E-state index in [0.717, 1.165) is 23.8 Å². The van der Waals surface area contributed by atoms with Gasteiger partial charge in [-0.2, -0.15) is 0 Å². The van der Waals surface area contributed by atoms with Crippen LogP contribution in [-0.2, 0) is 6.54 Å². The molecule has 5 heteroatoms. The van der Waals surface area contributed by atoms with Crippen LogP contribution >= 0.6 is 11.3 Å². The van der Waals surface area contributed by atoms with Crippen molar-refractivity contribution in [3.63, 3.8) is 0 Å². The average molecular weight is 277 g/mol. The highest BCUT2D eigenvalue weighted by molar-refractivity contribution is 7.14. The molecule has 2 heterocycles. The van der Waals surface area contributed by atoms with Crippen molar-refractivity contribution in [1.82, 2.24) is 9.55 Å². The summed E-state index contributed by atoms with van der Waals surface area (Å²) in [6, 6.07) is 3.75. The number of rotatable bonds is 5. The summed E-state index contributed by atoms with van der Waals surface area (Å²) in [5, 5.41) is 5.73.